The molecule has 1 aliphatic heterocycles. The van der Waals surface area contributed by atoms with Crippen molar-refractivity contribution >= 4 is 5.91 Å². The molecule has 3 rings (SSSR count). The van der Waals surface area contributed by atoms with Gasteiger partial charge in [0.05, 0.1) is 25.3 Å². The molecule has 1 aromatic heterocycles. The predicted molar refractivity (Wildman–Crippen MR) is 85.5 cm³/mol. The first kappa shape index (κ1) is 15.6. The predicted octanol–water partition coefficient (Wildman–Crippen LogP) is 2.17. The average molecular weight is 315 g/mol. The van der Waals surface area contributed by atoms with E-state index in [4.69, 9.17) is 9.47 Å². The molecule has 2 atom stereocenters. The summed E-state index contributed by atoms with van der Waals surface area (Å²) in [6.07, 6.45) is 2.59. The van der Waals surface area contributed by atoms with Crippen LogP contribution in [-0.4, -0.2) is 35.5 Å². The fourth-order valence-electron chi connectivity index (χ4n) is 2.76. The normalized spacial score (nSPS) is 19.7. The zero-order chi connectivity index (χ0) is 16.2. The Kier molecular flexibility index (Phi) is 4.62. The lowest BCUT2D eigenvalue weighted by molar-refractivity contribution is 0.0900. The number of amides is 1. The number of para-hydroxylation sites is 1. The number of rotatable bonds is 5. The van der Waals surface area contributed by atoms with Crippen LogP contribution in [0.5, 0.6) is 5.75 Å². The molecule has 1 aliphatic rings. The molecule has 0 fully saturated rings. The van der Waals surface area contributed by atoms with Crippen molar-refractivity contribution in [2.45, 2.75) is 32.0 Å². The van der Waals surface area contributed by atoms with Gasteiger partial charge in [0.2, 0.25) is 0 Å². The van der Waals surface area contributed by atoms with Gasteiger partial charge >= 0.3 is 0 Å². The molecule has 1 amide bonds. The summed E-state index contributed by atoms with van der Waals surface area (Å²) in [5, 5.41) is 7.35. The summed E-state index contributed by atoms with van der Waals surface area (Å²) in [4.78, 5) is 12.5. The Hall–Kier alpha value is -2.34. The summed E-state index contributed by atoms with van der Waals surface area (Å²) in [7, 11) is 1.64. The first-order valence-electron chi connectivity index (χ1n) is 7.76. The van der Waals surface area contributed by atoms with E-state index in [9.17, 15) is 4.79 Å². The number of nitrogens with one attached hydrogen (secondary N) is 1. The van der Waals surface area contributed by atoms with Gasteiger partial charge < -0.3 is 14.8 Å². The van der Waals surface area contributed by atoms with E-state index in [1.54, 1.807) is 24.1 Å². The largest absolute Gasteiger partial charge is 0.490 e. The number of methoxy groups -OCH3 is 1. The number of carbonyl (C=O) groups excluding carboxylic acids is 1. The third-order valence-electron chi connectivity index (χ3n) is 3.89. The average Bonchev–Trinajstić information content (AvgIpc) is 3.01. The van der Waals surface area contributed by atoms with Crippen molar-refractivity contribution < 1.29 is 14.3 Å². The monoisotopic (exact) mass is 315 g/mol. The standard InChI is InChI=1S/C17H21N3O3/c1-12-11-15(13-5-3-4-6-16(13)23-12)18-17(21)14-7-8-20(19-14)9-10-22-2/h3-8,12,15H,9-11H2,1-2H3,(H,18,21)/t12-,15-/m1/s1. The van der Waals surface area contributed by atoms with Crippen molar-refractivity contribution in [1.82, 2.24) is 15.1 Å². The van der Waals surface area contributed by atoms with E-state index in [1.807, 2.05) is 31.2 Å². The van der Waals surface area contributed by atoms with E-state index in [1.165, 1.54) is 0 Å². The van der Waals surface area contributed by atoms with E-state index < -0.39 is 0 Å². The van der Waals surface area contributed by atoms with Gasteiger partial charge in [0, 0.05) is 25.3 Å². The van der Waals surface area contributed by atoms with Crippen molar-refractivity contribution in [3.63, 3.8) is 0 Å². The van der Waals surface area contributed by atoms with Crippen molar-refractivity contribution in [1.29, 1.82) is 0 Å². The Morgan fingerprint density at radius 1 is 1.43 bits per heavy atom. The second-order valence-corrected chi connectivity index (χ2v) is 5.68. The Bertz CT molecular complexity index is 683. The first-order chi connectivity index (χ1) is 11.2. The molecule has 0 bridgehead atoms. The number of hydrogen-bond acceptors (Lipinski definition) is 4. The summed E-state index contributed by atoms with van der Waals surface area (Å²) in [6, 6.07) is 9.47. The molecular weight excluding hydrogens is 294 g/mol. The summed E-state index contributed by atoms with van der Waals surface area (Å²) < 4.78 is 12.5. The Morgan fingerprint density at radius 3 is 3.09 bits per heavy atom. The molecule has 6 heteroatoms. The van der Waals surface area contributed by atoms with Gasteiger partial charge in [-0.15, -0.1) is 0 Å². The minimum absolute atomic E-state index is 0.0634. The number of benzene rings is 1. The van der Waals surface area contributed by atoms with E-state index in [2.05, 4.69) is 10.4 Å². The highest BCUT2D eigenvalue weighted by atomic mass is 16.5. The fourth-order valence-corrected chi connectivity index (χ4v) is 2.76. The number of ether oxygens (including phenoxy) is 2. The lowest BCUT2D eigenvalue weighted by Gasteiger charge is -2.30. The topological polar surface area (TPSA) is 65.4 Å². The highest BCUT2D eigenvalue weighted by Crippen LogP contribution is 2.34. The zero-order valence-corrected chi connectivity index (χ0v) is 13.4. The summed E-state index contributed by atoms with van der Waals surface area (Å²) in [5.41, 5.74) is 1.43. The molecular formula is C17H21N3O3. The Labute approximate surface area is 135 Å². The van der Waals surface area contributed by atoms with Gasteiger partial charge in [-0.2, -0.15) is 5.10 Å². The van der Waals surface area contributed by atoms with Crippen molar-refractivity contribution in [3.8, 4) is 5.75 Å². The highest BCUT2D eigenvalue weighted by Gasteiger charge is 2.27. The lowest BCUT2D eigenvalue weighted by atomic mass is 9.97. The SMILES string of the molecule is COCCn1ccc(C(=O)N[C@@H]2C[C@@H](C)Oc3ccccc32)n1. The van der Waals surface area contributed by atoms with Crippen LogP contribution in [0.1, 0.15) is 35.4 Å². The van der Waals surface area contributed by atoms with Crippen LogP contribution < -0.4 is 10.1 Å². The molecule has 0 spiro atoms. The number of fused-ring (bicyclic) bond motifs is 1. The van der Waals surface area contributed by atoms with Gasteiger partial charge in [-0.25, -0.2) is 0 Å². The van der Waals surface area contributed by atoms with E-state index >= 15 is 0 Å². The molecule has 23 heavy (non-hydrogen) atoms. The van der Waals surface area contributed by atoms with Gasteiger partial charge in [-0.05, 0) is 19.1 Å². The number of carbonyl (C=O) groups is 1. The van der Waals surface area contributed by atoms with Crippen molar-refractivity contribution in [3.05, 3.63) is 47.8 Å². The van der Waals surface area contributed by atoms with Gasteiger partial charge in [0.25, 0.3) is 5.91 Å². The van der Waals surface area contributed by atoms with E-state index in [0.29, 0.717) is 18.8 Å². The first-order valence-corrected chi connectivity index (χ1v) is 7.76. The number of aromatic nitrogens is 2. The number of hydrogen-bond donors (Lipinski definition) is 1. The lowest BCUT2D eigenvalue weighted by Crippen LogP contribution is -2.35. The molecule has 0 saturated carbocycles. The Balaban J connectivity index is 1.71. The third-order valence-corrected chi connectivity index (χ3v) is 3.89. The van der Waals surface area contributed by atoms with Crippen LogP contribution in [0, 0.1) is 0 Å². The molecule has 0 radical (unpaired) electrons. The van der Waals surface area contributed by atoms with Gasteiger partial charge in [0.1, 0.15) is 11.4 Å². The Morgan fingerprint density at radius 2 is 2.26 bits per heavy atom. The number of nitrogens with zero attached hydrogens (tertiary/aromatic N) is 2. The maximum absolute atomic E-state index is 12.5. The van der Waals surface area contributed by atoms with Gasteiger partial charge in [-0.3, -0.25) is 9.48 Å². The molecule has 122 valence electrons. The van der Waals surface area contributed by atoms with E-state index in [-0.39, 0.29) is 18.1 Å². The van der Waals surface area contributed by atoms with Gasteiger partial charge in [0.15, 0.2) is 0 Å². The zero-order valence-electron chi connectivity index (χ0n) is 13.4. The van der Waals surface area contributed by atoms with Crippen LogP contribution in [0.4, 0.5) is 0 Å². The molecule has 1 N–H and O–H groups in total. The van der Waals surface area contributed by atoms with Crippen LogP contribution in [-0.2, 0) is 11.3 Å². The van der Waals surface area contributed by atoms with Crippen molar-refractivity contribution in [2.24, 2.45) is 0 Å². The van der Waals surface area contributed by atoms with Gasteiger partial charge in [-0.1, -0.05) is 18.2 Å². The van der Waals surface area contributed by atoms with Crippen molar-refractivity contribution in [2.75, 3.05) is 13.7 Å². The molecule has 6 nitrogen and oxygen atoms in total. The second kappa shape index (κ2) is 6.83. The minimum atomic E-state index is -0.171. The molecule has 0 aliphatic carbocycles. The summed E-state index contributed by atoms with van der Waals surface area (Å²) in [6.45, 7) is 3.20. The van der Waals surface area contributed by atoms with Crippen LogP contribution in [0.3, 0.4) is 0 Å². The van der Waals surface area contributed by atoms with Crippen LogP contribution in [0.2, 0.25) is 0 Å². The minimum Gasteiger partial charge on any atom is -0.490 e. The molecule has 2 heterocycles. The fraction of sp³-hybridized carbons (Fsp3) is 0.412. The second-order valence-electron chi connectivity index (χ2n) is 5.68. The van der Waals surface area contributed by atoms with Crippen LogP contribution in [0.25, 0.3) is 0 Å². The molecule has 0 saturated heterocycles. The molecule has 1 aromatic carbocycles. The quantitative estimate of drug-likeness (QED) is 0.918. The summed E-state index contributed by atoms with van der Waals surface area (Å²) in [5.74, 6) is 0.664. The van der Waals surface area contributed by atoms with Crippen LogP contribution >= 0.6 is 0 Å². The maximum atomic E-state index is 12.5. The third kappa shape index (κ3) is 3.53. The van der Waals surface area contributed by atoms with E-state index in [0.717, 1.165) is 17.7 Å². The maximum Gasteiger partial charge on any atom is 0.272 e. The smallest absolute Gasteiger partial charge is 0.272 e. The summed E-state index contributed by atoms with van der Waals surface area (Å²) >= 11 is 0. The highest BCUT2D eigenvalue weighted by molar-refractivity contribution is 5.92. The molecule has 2 aromatic rings. The van der Waals surface area contributed by atoms with Crippen LogP contribution in [0.15, 0.2) is 36.5 Å². The molecule has 0 unspecified atom stereocenters.